The smallest absolute Gasteiger partial charge is 0.238 e. The number of primary sulfonamides is 1. The van der Waals surface area contributed by atoms with Crippen molar-refractivity contribution in [3.05, 3.63) is 54.4 Å². The SMILES string of the molecule is NS(=O)(=O)c1ccc(NC(=O)C2CCN(CCc3ccncc3)CC2)cc1. The Morgan fingerprint density at radius 2 is 1.74 bits per heavy atom. The monoisotopic (exact) mass is 388 g/mol. The van der Waals surface area contributed by atoms with E-state index in [1.165, 1.54) is 17.7 Å². The number of pyridine rings is 1. The molecule has 2 aromatic rings. The fourth-order valence-electron chi connectivity index (χ4n) is 3.23. The highest BCUT2D eigenvalue weighted by Gasteiger charge is 2.24. The van der Waals surface area contributed by atoms with Gasteiger partial charge in [-0.3, -0.25) is 9.78 Å². The highest BCUT2D eigenvalue weighted by atomic mass is 32.2. The Labute approximate surface area is 159 Å². The van der Waals surface area contributed by atoms with E-state index in [0.29, 0.717) is 5.69 Å². The van der Waals surface area contributed by atoms with E-state index in [1.807, 2.05) is 12.1 Å². The average Bonchev–Trinajstić information content (AvgIpc) is 2.67. The first kappa shape index (κ1) is 19.5. The third kappa shape index (κ3) is 5.59. The van der Waals surface area contributed by atoms with E-state index in [0.717, 1.165) is 38.9 Å². The predicted molar refractivity (Wildman–Crippen MR) is 104 cm³/mol. The van der Waals surface area contributed by atoms with Gasteiger partial charge in [-0.05, 0) is 74.3 Å². The number of nitrogens with two attached hydrogens (primary N) is 1. The van der Waals surface area contributed by atoms with Crippen molar-refractivity contribution in [1.82, 2.24) is 9.88 Å². The summed E-state index contributed by atoms with van der Waals surface area (Å²) in [6.45, 7) is 2.77. The summed E-state index contributed by atoms with van der Waals surface area (Å²) in [5.74, 6) is -0.0489. The molecule has 1 saturated heterocycles. The van der Waals surface area contributed by atoms with E-state index in [-0.39, 0.29) is 16.7 Å². The lowest BCUT2D eigenvalue weighted by molar-refractivity contribution is -0.121. The Morgan fingerprint density at radius 3 is 2.33 bits per heavy atom. The van der Waals surface area contributed by atoms with Crippen LogP contribution in [0.25, 0.3) is 0 Å². The van der Waals surface area contributed by atoms with Gasteiger partial charge >= 0.3 is 0 Å². The van der Waals surface area contributed by atoms with Crippen LogP contribution in [0, 0.1) is 5.92 Å². The fraction of sp³-hybridized carbons (Fsp3) is 0.368. The number of nitrogens with one attached hydrogen (secondary N) is 1. The molecule has 1 amide bonds. The molecule has 8 heteroatoms. The first-order valence-electron chi connectivity index (χ1n) is 8.97. The van der Waals surface area contributed by atoms with E-state index < -0.39 is 10.0 Å². The molecule has 2 heterocycles. The second-order valence-corrected chi connectivity index (χ2v) is 8.34. The lowest BCUT2D eigenvalue weighted by Gasteiger charge is -2.31. The molecule has 0 spiro atoms. The molecule has 0 atom stereocenters. The van der Waals surface area contributed by atoms with Crippen LogP contribution in [0.1, 0.15) is 18.4 Å². The lowest BCUT2D eigenvalue weighted by Crippen LogP contribution is -2.39. The Kier molecular flexibility index (Phi) is 6.20. The van der Waals surface area contributed by atoms with Crippen LogP contribution >= 0.6 is 0 Å². The van der Waals surface area contributed by atoms with Crippen LogP contribution in [-0.2, 0) is 21.2 Å². The molecule has 0 aliphatic carbocycles. The summed E-state index contributed by atoms with van der Waals surface area (Å²) in [5, 5.41) is 7.94. The Hall–Kier alpha value is -2.29. The second-order valence-electron chi connectivity index (χ2n) is 6.78. The summed E-state index contributed by atoms with van der Waals surface area (Å²) >= 11 is 0. The largest absolute Gasteiger partial charge is 0.326 e. The lowest BCUT2D eigenvalue weighted by atomic mass is 9.95. The van der Waals surface area contributed by atoms with Gasteiger partial charge in [0.25, 0.3) is 0 Å². The van der Waals surface area contributed by atoms with E-state index in [4.69, 9.17) is 5.14 Å². The van der Waals surface area contributed by atoms with E-state index in [2.05, 4.69) is 15.2 Å². The minimum absolute atomic E-state index is 0.0212. The normalized spacial score (nSPS) is 16.2. The summed E-state index contributed by atoms with van der Waals surface area (Å²) in [4.78, 5) is 18.9. The van der Waals surface area contributed by atoms with Crippen molar-refractivity contribution in [3.63, 3.8) is 0 Å². The zero-order valence-electron chi connectivity index (χ0n) is 15.0. The van der Waals surface area contributed by atoms with Gasteiger partial charge in [0.15, 0.2) is 0 Å². The molecule has 1 aliphatic heterocycles. The number of benzene rings is 1. The van der Waals surface area contributed by atoms with Crippen LogP contribution in [0.3, 0.4) is 0 Å². The van der Waals surface area contributed by atoms with Crippen molar-refractivity contribution in [3.8, 4) is 0 Å². The third-order valence-corrected chi connectivity index (χ3v) is 5.80. The Bertz CT molecular complexity index is 862. The molecule has 1 aliphatic rings. The van der Waals surface area contributed by atoms with Crippen LogP contribution in [-0.4, -0.2) is 43.8 Å². The summed E-state index contributed by atoms with van der Waals surface area (Å²) in [5.41, 5.74) is 1.85. The summed E-state index contributed by atoms with van der Waals surface area (Å²) in [6, 6.07) is 9.96. The number of rotatable bonds is 6. The molecule has 0 bridgehead atoms. The van der Waals surface area contributed by atoms with Gasteiger partial charge in [-0.2, -0.15) is 0 Å². The quantitative estimate of drug-likeness (QED) is 0.782. The molecule has 0 unspecified atom stereocenters. The summed E-state index contributed by atoms with van der Waals surface area (Å²) in [7, 11) is -3.72. The molecule has 0 radical (unpaired) electrons. The fourth-order valence-corrected chi connectivity index (χ4v) is 3.74. The number of hydrogen-bond acceptors (Lipinski definition) is 5. The van der Waals surface area contributed by atoms with Gasteiger partial charge in [0, 0.05) is 30.5 Å². The van der Waals surface area contributed by atoms with Crippen molar-refractivity contribution in [2.45, 2.75) is 24.2 Å². The van der Waals surface area contributed by atoms with Gasteiger partial charge in [-0.25, -0.2) is 13.6 Å². The molecule has 1 aromatic carbocycles. The van der Waals surface area contributed by atoms with Crippen molar-refractivity contribution in [2.24, 2.45) is 11.1 Å². The van der Waals surface area contributed by atoms with Gasteiger partial charge in [0.2, 0.25) is 15.9 Å². The van der Waals surface area contributed by atoms with Crippen LogP contribution in [0.4, 0.5) is 5.69 Å². The zero-order chi connectivity index (χ0) is 19.3. The maximum Gasteiger partial charge on any atom is 0.238 e. The van der Waals surface area contributed by atoms with E-state index >= 15 is 0 Å². The van der Waals surface area contributed by atoms with Crippen molar-refractivity contribution >= 4 is 21.6 Å². The number of piperidine rings is 1. The van der Waals surface area contributed by atoms with Crippen LogP contribution in [0.2, 0.25) is 0 Å². The molecule has 3 rings (SSSR count). The molecule has 144 valence electrons. The number of carbonyl (C=O) groups is 1. The predicted octanol–water partition coefficient (Wildman–Crippen LogP) is 1.62. The Morgan fingerprint density at radius 1 is 1.11 bits per heavy atom. The zero-order valence-corrected chi connectivity index (χ0v) is 15.9. The molecule has 1 fully saturated rings. The minimum Gasteiger partial charge on any atom is -0.326 e. The molecule has 1 aromatic heterocycles. The number of aromatic nitrogens is 1. The number of carbonyl (C=O) groups excluding carboxylic acids is 1. The molecule has 3 N–H and O–H groups in total. The van der Waals surface area contributed by atoms with E-state index in [9.17, 15) is 13.2 Å². The summed E-state index contributed by atoms with van der Waals surface area (Å²) in [6.07, 6.45) is 6.23. The van der Waals surface area contributed by atoms with Gasteiger partial charge in [-0.1, -0.05) is 0 Å². The number of sulfonamides is 1. The number of anilines is 1. The van der Waals surface area contributed by atoms with Gasteiger partial charge in [0.05, 0.1) is 4.90 Å². The highest BCUT2D eigenvalue weighted by Crippen LogP contribution is 2.20. The third-order valence-electron chi connectivity index (χ3n) is 4.87. The first-order chi connectivity index (χ1) is 12.9. The molecular formula is C19H24N4O3S. The van der Waals surface area contributed by atoms with Gasteiger partial charge < -0.3 is 10.2 Å². The summed E-state index contributed by atoms with van der Waals surface area (Å²) < 4.78 is 22.5. The van der Waals surface area contributed by atoms with Crippen LogP contribution < -0.4 is 10.5 Å². The van der Waals surface area contributed by atoms with Crippen molar-refractivity contribution in [1.29, 1.82) is 0 Å². The topological polar surface area (TPSA) is 105 Å². The first-order valence-corrected chi connectivity index (χ1v) is 10.5. The van der Waals surface area contributed by atoms with Crippen LogP contribution in [0.15, 0.2) is 53.7 Å². The molecule has 0 saturated carbocycles. The number of hydrogen-bond donors (Lipinski definition) is 2. The second kappa shape index (κ2) is 8.60. The van der Waals surface area contributed by atoms with Crippen molar-refractivity contribution < 1.29 is 13.2 Å². The molecule has 7 nitrogen and oxygen atoms in total. The minimum atomic E-state index is -3.72. The van der Waals surface area contributed by atoms with Crippen LogP contribution in [0.5, 0.6) is 0 Å². The number of amides is 1. The highest BCUT2D eigenvalue weighted by molar-refractivity contribution is 7.89. The van der Waals surface area contributed by atoms with Gasteiger partial charge in [-0.15, -0.1) is 0 Å². The average molecular weight is 388 g/mol. The number of nitrogens with zero attached hydrogens (tertiary/aromatic N) is 2. The molecular weight excluding hydrogens is 364 g/mol. The van der Waals surface area contributed by atoms with Gasteiger partial charge in [0.1, 0.15) is 0 Å². The van der Waals surface area contributed by atoms with Crippen molar-refractivity contribution in [2.75, 3.05) is 25.0 Å². The maximum absolute atomic E-state index is 12.5. The maximum atomic E-state index is 12.5. The number of likely N-dealkylation sites (tertiary alicyclic amines) is 1. The molecule has 27 heavy (non-hydrogen) atoms. The standard InChI is InChI=1S/C19H24N4O3S/c20-27(25,26)18-3-1-17(2-4-18)22-19(24)16-8-13-23(14-9-16)12-7-15-5-10-21-11-6-15/h1-6,10-11,16H,7-9,12-14H2,(H,22,24)(H2,20,25,26). The van der Waals surface area contributed by atoms with E-state index in [1.54, 1.807) is 24.5 Å². The Balaban J connectivity index is 1.45.